The lowest BCUT2D eigenvalue weighted by Crippen LogP contribution is -2.32. The molecule has 5 nitrogen and oxygen atoms in total. The summed E-state index contributed by atoms with van der Waals surface area (Å²) >= 11 is 0. The highest BCUT2D eigenvalue weighted by Gasteiger charge is 2.23. The minimum atomic E-state index is -0.266. The SMILES string of the molecule is COc1ccc(CNCC2COCc3nc4cc(F)ccc4n32)cc1. The Hall–Kier alpha value is -2.44. The largest absolute Gasteiger partial charge is 0.497 e. The van der Waals surface area contributed by atoms with Crippen molar-refractivity contribution in [2.24, 2.45) is 0 Å². The van der Waals surface area contributed by atoms with Gasteiger partial charge < -0.3 is 19.4 Å². The van der Waals surface area contributed by atoms with E-state index < -0.39 is 0 Å². The Morgan fingerprint density at radius 2 is 2.12 bits per heavy atom. The normalized spacial score (nSPS) is 16.8. The molecular weight excluding hydrogens is 321 g/mol. The molecule has 1 aromatic heterocycles. The van der Waals surface area contributed by atoms with Crippen molar-refractivity contribution < 1.29 is 13.9 Å². The molecule has 1 atom stereocenters. The second kappa shape index (κ2) is 6.82. The van der Waals surface area contributed by atoms with Gasteiger partial charge in [-0.05, 0) is 29.8 Å². The van der Waals surface area contributed by atoms with Crippen molar-refractivity contribution in [2.45, 2.75) is 19.2 Å². The Kier molecular flexibility index (Phi) is 4.38. The number of methoxy groups -OCH3 is 1. The lowest BCUT2D eigenvalue weighted by Gasteiger charge is -2.26. The maximum absolute atomic E-state index is 13.4. The van der Waals surface area contributed by atoms with E-state index in [1.165, 1.54) is 17.7 Å². The molecule has 0 amide bonds. The van der Waals surface area contributed by atoms with Crippen LogP contribution in [0.15, 0.2) is 42.5 Å². The number of benzene rings is 2. The molecule has 6 heteroatoms. The number of fused-ring (bicyclic) bond motifs is 3. The van der Waals surface area contributed by atoms with Crippen molar-refractivity contribution in [1.29, 1.82) is 0 Å². The molecule has 1 unspecified atom stereocenters. The number of nitrogens with zero attached hydrogens (tertiary/aromatic N) is 2. The first-order chi connectivity index (χ1) is 12.2. The van der Waals surface area contributed by atoms with Gasteiger partial charge in [-0.25, -0.2) is 9.37 Å². The highest BCUT2D eigenvalue weighted by Crippen LogP contribution is 2.26. The number of halogens is 1. The second-order valence-corrected chi connectivity index (χ2v) is 6.18. The smallest absolute Gasteiger partial charge is 0.136 e. The molecule has 0 bridgehead atoms. The molecule has 0 aliphatic carbocycles. The van der Waals surface area contributed by atoms with Crippen LogP contribution in [-0.4, -0.2) is 29.8 Å². The summed E-state index contributed by atoms with van der Waals surface area (Å²) in [6.07, 6.45) is 0. The Balaban J connectivity index is 1.48. The number of aromatic nitrogens is 2. The van der Waals surface area contributed by atoms with Gasteiger partial charge in [0.25, 0.3) is 0 Å². The van der Waals surface area contributed by atoms with Crippen LogP contribution >= 0.6 is 0 Å². The quantitative estimate of drug-likeness (QED) is 0.775. The summed E-state index contributed by atoms with van der Waals surface area (Å²) < 4.78 is 26.4. The van der Waals surface area contributed by atoms with E-state index in [0.29, 0.717) is 18.7 Å². The van der Waals surface area contributed by atoms with Gasteiger partial charge in [-0.2, -0.15) is 0 Å². The monoisotopic (exact) mass is 341 g/mol. The van der Waals surface area contributed by atoms with Gasteiger partial charge in [-0.1, -0.05) is 12.1 Å². The molecule has 0 spiro atoms. The van der Waals surface area contributed by atoms with E-state index in [9.17, 15) is 4.39 Å². The summed E-state index contributed by atoms with van der Waals surface area (Å²) in [5.41, 5.74) is 2.83. The summed E-state index contributed by atoms with van der Waals surface area (Å²) in [6, 6.07) is 12.9. The van der Waals surface area contributed by atoms with Gasteiger partial charge in [0.2, 0.25) is 0 Å². The van der Waals surface area contributed by atoms with Crippen LogP contribution in [0.4, 0.5) is 4.39 Å². The van der Waals surface area contributed by atoms with E-state index in [1.54, 1.807) is 13.2 Å². The highest BCUT2D eigenvalue weighted by molar-refractivity contribution is 5.76. The highest BCUT2D eigenvalue weighted by atomic mass is 19.1. The molecule has 0 saturated heterocycles. The summed E-state index contributed by atoms with van der Waals surface area (Å²) in [5, 5.41) is 3.47. The van der Waals surface area contributed by atoms with E-state index in [-0.39, 0.29) is 11.9 Å². The Morgan fingerprint density at radius 1 is 1.28 bits per heavy atom. The lowest BCUT2D eigenvalue weighted by atomic mass is 10.2. The molecule has 25 heavy (non-hydrogen) atoms. The number of hydrogen-bond acceptors (Lipinski definition) is 4. The number of nitrogens with one attached hydrogen (secondary N) is 1. The van der Waals surface area contributed by atoms with E-state index in [1.807, 2.05) is 24.3 Å². The van der Waals surface area contributed by atoms with Gasteiger partial charge in [0.05, 0.1) is 30.8 Å². The van der Waals surface area contributed by atoms with Crippen LogP contribution in [0.3, 0.4) is 0 Å². The average Bonchev–Trinajstić information content (AvgIpc) is 3.00. The molecule has 130 valence electrons. The Bertz CT molecular complexity index is 876. The van der Waals surface area contributed by atoms with Crippen molar-refractivity contribution >= 4 is 11.0 Å². The van der Waals surface area contributed by atoms with Gasteiger partial charge in [-0.3, -0.25) is 0 Å². The van der Waals surface area contributed by atoms with Crippen LogP contribution in [0, 0.1) is 5.82 Å². The number of hydrogen-bond donors (Lipinski definition) is 1. The zero-order valence-electron chi connectivity index (χ0n) is 14.0. The van der Waals surface area contributed by atoms with Crippen molar-refractivity contribution in [3.05, 3.63) is 59.7 Å². The molecule has 4 rings (SSSR count). The molecule has 2 heterocycles. The molecule has 1 aliphatic heterocycles. The van der Waals surface area contributed by atoms with Crippen LogP contribution in [0.25, 0.3) is 11.0 Å². The fourth-order valence-electron chi connectivity index (χ4n) is 3.27. The van der Waals surface area contributed by atoms with Crippen molar-refractivity contribution in [3.8, 4) is 5.75 Å². The average molecular weight is 341 g/mol. The van der Waals surface area contributed by atoms with E-state index in [0.717, 1.165) is 30.2 Å². The minimum absolute atomic E-state index is 0.137. The standard InChI is InChI=1S/C19H20FN3O2/c1-24-16-5-2-13(3-6-16)9-21-10-15-11-25-12-19-22-17-8-14(20)4-7-18(17)23(15)19/h2-8,15,21H,9-12H2,1H3. The third-order valence-electron chi connectivity index (χ3n) is 4.50. The topological polar surface area (TPSA) is 48.3 Å². The fourth-order valence-corrected chi connectivity index (χ4v) is 3.27. The molecule has 0 fully saturated rings. The van der Waals surface area contributed by atoms with E-state index in [4.69, 9.17) is 9.47 Å². The molecular formula is C19H20FN3O2. The first-order valence-electron chi connectivity index (χ1n) is 8.32. The first kappa shape index (κ1) is 16.1. The molecule has 3 aromatic rings. The number of ether oxygens (including phenoxy) is 2. The summed E-state index contributed by atoms with van der Waals surface area (Å²) in [4.78, 5) is 4.51. The van der Waals surface area contributed by atoms with Crippen LogP contribution < -0.4 is 10.1 Å². The zero-order valence-corrected chi connectivity index (χ0v) is 14.0. The van der Waals surface area contributed by atoms with Gasteiger partial charge in [0.1, 0.15) is 24.0 Å². The molecule has 1 aliphatic rings. The van der Waals surface area contributed by atoms with Crippen LogP contribution in [0.2, 0.25) is 0 Å². The first-order valence-corrected chi connectivity index (χ1v) is 8.32. The van der Waals surface area contributed by atoms with Crippen LogP contribution in [0.5, 0.6) is 5.75 Å². The molecule has 0 saturated carbocycles. The minimum Gasteiger partial charge on any atom is -0.497 e. The number of rotatable bonds is 5. The van der Waals surface area contributed by atoms with E-state index in [2.05, 4.69) is 14.9 Å². The van der Waals surface area contributed by atoms with Crippen molar-refractivity contribution in [3.63, 3.8) is 0 Å². The van der Waals surface area contributed by atoms with Gasteiger partial charge in [-0.15, -0.1) is 0 Å². The lowest BCUT2D eigenvalue weighted by molar-refractivity contribution is 0.0564. The summed E-state index contributed by atoms with van der Waals surface area (Å²) in [7, 11) is 1.66. The van der Waals surface area contributed by atoms with Crippen molar-refractivity contribution in [1.82, 2.24) is 14.9 Å². The molecule has 2 aromatic carbocycles. The third-order valence-corrected chi connectivity index (χ3v) is 4.50. The summed E-state index contributed by atoms with van der Waals surface area (Å²) in [6.45, 7) is 2.59. The predicted molar refractivity (Wildman–Crippen MR) is 93.1 cm³/mol. The van der Waals surface area contributed by atoms with Gasteiger partial charge in [0, 0.05) is 19.2 Å². The third kappa shape index (κ3) is 3.23. The summed E-state index contributed by atoms with van der Waals surface area (Å²) in [5.74, 6) is 1.44. The van der Waals surface area contributed by atoms with Crippen LogP contribution in [0.1, 0.15) is 17.4 Å². The fraction of sp³-hybridized carbons (Fsp3) is 0.316. The molecule has 0 radical (unpaired) electrons. The van der Waals surface area contributed by atoms with Gasteiger partial charge in [0.15, 0.2) is 0 Å². The Morgan fingerprint density at radius 3 is 2.92 bits per heavy atom. The predicted octanol–water partition coefficient (Wildman–Crippen LogP) is 3.05. The Labute approximate surface area is 145 Å². The van der Waals surface area contributed by atoms with Crippen molar-refractivity contribution in [2.75, 3.05) is 20.3 Å². The number of imidazole rings is 1. The maximum atomic E-state index is 13.4. The van der Waals surface area contributed by atoms with Gasteiger partial charge >= 0.3 is 0 Å². The second-order valence-electron chi connectivity index (χ2n) is 6.18. The maximum Gasteiger partial charge on any atom is 0.136 e. The van der Waals surface area contributed by atoms with Crippen LogP contribution in [-0.2, 0) is 17.9 Å². The van der Waals surface area contributed by atoms with E-state index >= 15 is 0 Å². The molecule has 1 N–H and O–H groups in total. The zero-order chi connectivity index (χ0) is 17.2.